The molecular weight excluding hydrogens is 239 g/mol. The fourth-order valence-electron chi connectivity index (χ4n) is 1.56. The Balaban J connectivity index is 2.34. The van der Waals surface area contributed by atoms with Crippen LogP contribution in [0.4, 0.5) is 21.5 Å². The van der Waals surface area contributed by atoms with Crippen molar-refractivity contribution in [2.75, 3.05) is 5.32 Å². The first-order chi connectivity index (χ1) is 8.61. The highest BCUT2D eigenvalue weighted by molar-refractivity contribution is 5.69. The van der Waals surface area contributed by atoms with Gasteiger partial charge in [-0.1, -0.05) is 6.07 Å². The lowest BCUT2D eigenvalue weighted by Crippen LogP contribution is -1.99. The van der Waals surface area contributed by atoms with E-state index < -0.39 is 16.4 Å². The quantitative estimate of drug-likeness (QED) is 0.668. The first kappa shape index (κ1) is 12.0. The van der Waals surface area contributed by atoms with E-state index in [2.05, 4.69) is 10.4 Å². The molecule has 94 valence electrons. The van der Waals surface area contributed by atoms with E-state index in [1.807, 2.05) is 6.92 Å². The summed E-state index contributed by atoms with van der Waals surface area (Å²) >= 11 is 0. The number of benzene rings is 1. The van der Waals surface area contributed by atoms with Gasteiger partial charge in [-0.15, -0.1) is 0 Å². The highest BCUT2D eigenvalue weighted by Gasteiger charge is 2.19. The first-order valence-electron chi connectivity index (χ1n) is 5.34. The van der Waals surface area contributed by atoms with Crippen LogP contribution in [0.1, 0.15) is 6.92 Å². The van der Waals surface area contributed by atoms with Gasteiger partial charge in [0.2, 0.25) is 5.82 Å². The maximum Gasteiger partial charge on any atom is 0.327 e. The van der Waals surface area contributed by atoms with Crippen LogP contribution in [0.25, 0.3) is 0 Å². The molecule has 7 heteroatoms. The second-order valence-electron chi connectivity index (χ2n) is 3.60. The number of aryl methyl sites for hydroxylation is 1. The molecule has 0 aliphatic rings. The minimum absolute atomic E-state index is 0.107. The van der Waals surface area contributed by atoms with Crippen molar-refractivity contribution in [1.29, 1.82) is 0 Å². The topological polar surface area (TPSA) is 73.0 Å². The number of halogens is 1. The van der Waals surface area contributed by atoms with E-state index in [9.17, 15) is 14.5 Å². The molecule has 0 aliphatic carbocycles. The van der Waals surface area contributed by atoms with Crippen LogP contribution in [0.5, 0.6) is 0 Å². The predicted molar refractivity (Wildman–Crippen MR) is 64.2 cm³/mol. The number of nitrogens with zero attached hydrogens (tertiary/aromatic N) is 3. The SMILES string of the molecule is CCn1cc(Nc2cccc(F)c2[N+](=O)[O-])cn1. The summed E-state index contributed by atoms with van der Waals surface area (Å²) in [7, 11) is 0. The van der Waals surface area contributed by atoms with Crippen molar-refractivity contribution in [3.05, 3.63) is 46.5 Å². The highest BCUT2D eigenvalue weighted by atomic mass is 19.1. The van der Waals surface area contributed by atoms with Crippen LogP contribution < -0.4 is 5.32 Å². The molecule has 0 aliphatic heterocycles. The van der Waals surface area contributed by atoms with Crippen LogP contribution in [-0.2, 0) is 6.54 Å². The van der Waals surface area contributed by atoms with E-state index >= 15 is 0 Å². The van der Waals surface area contributed by atoms with Crippen molar-refractivity contribution in [3.63, 3.8) is 0 Å². The smallest absolute Gasteiger partial charge is 0.327 e. The fourth-order valence-corrected chi connectivity index (χ4v) is 1.56. The molecule has 0 atom stereocenters. The molecule has 0 spiro atoms. The Morgan fingerprint density at radius 3 is 2.94 bits per heavy atom. The molecule has 2 aromatic rings. The van der Waals surface area contributed by atoms with Crippen molar-refractivity contribution in [2.45, 2.75) is 13.5 Å². The van der Waals surface area contributed by atoms with E-state index in [1.165, 1.54) is 18.3 Å². The number of aromatic nitrogens is 2. The molecule has 1 N–H and O–H groups in total. The number of para-hydroxylation sites is 1. The molecule has 0 fully saturated rings. The Hall–Kier alpha value is -2.44. The molecule has 18 heavy (non-hydrogen) atoms. The van der Waals surface area contributed by atoms with Gasteiger partial charge in [0.25, 0.3) is 0 Å². The second-order valence-corrected chi connectivity index (χ2v) is 3.60. The zero-order chi connectivity index (χ0) is 13.1. The molecular formula is C11H11FN4O2. The molecule has 2 rings (SSSR count). The monoisotopic (exact) mass is 250 g/mol. The van der Waals surface area contributed by atoms with Gasteiger partial charge in [0.05, 0.1) is 16.8 Å². The summed E-state index contributed by atoms with van der Waals surface area (Å²) in [6.45, 7) is 2.61. The Bertz CT molecular complexity index is 582. The Morgan fingerprint density at radius 2 is 2.33 bits per heavy atom. The molecule has 0 unspecified atom stereocenters. The average molecular weight is 250 g/mol. The van der Waals surface area contributed by atoms with Crippen LogP contribution in [0, 0.1) is 15.9 Å². The lowest BCUT2D eigenvalue weighted by Gasteiger charge is -2.04. The molecule has 0 radical (unpaired) electrons. The summed E-state index contributed by atoms with van der Waals surface area (Å²) in [6.07, 6.45) is 3.22. The van der Waals surface area contributed by atoms with Gasteiger partial charge < -0.3 is 5.32 Å². The van der Waals surface area contributed by atoms with Gasteiger partial charge in [-0.05, 0) is 19.1 Å². The summed E-state index contributed by atoms with van der Waals surface area (Å²) in [5.74, 6) is -0.868. The minimum Gasteiger partial charge on any atom is -0.347 e. The summed E-state index contributed by atoms with van der Waals surface area (Å²) in [5, 5.41) is 17.6. The predicted octanol–water partition coefficient (Wildman–Crippen LogP) is 2.69. The zero-order valence-corrected chi connectivity index (χ0v) is 9.63. The van der Waals surface area contributed by atoms with Gasteiger partial charge in [0.1, 0.15) is 5.69 Å². The lowest BCUT2D eigenvalue weighted by molar-refractivity contribution is -0.386. The Labute approximate surface area is 102 Å². The number of nitro groups is 1. The number of anilines is 2. The van der Waals surface area contributed by atoms with Gasteiger partial charge >= 0.3 is 5.69 Å². The van der Waals surface area contributed by atoms with Crippen molar-refractivity contribution < 1.29 is 9.31 Å². The van der Waals surface area contributed by atoms with Crippen LogP contribution >= 0.6 is 0 Å². The van der Waals surface area contributed by atoms with Gasteiger partial charge in [-0.3, -0.25) is 14.8 Å². The summed E-state index contributed by atoms with van der Waals surface area (Å²) in [6, 6.07) is 3.91. The molecule has 1 aromatic carbocycles. The third-order valence-electron chi connectivity index (χ3n) is 2.41. The molecule has 0 bridgehead atoms. The normalized spacial score (nSPS) is 10.3. The summed E-state index contributed by atoms with van der Waals surface area (Å²) in [5.41, 5.74) is 0.114. The van der Waals surface area contributed by atoms with Crippen molar-refractivity contribution >= 4 is 17.1 Å². The van der Waals surface area contributed by atoms with E-state index in [4.69, 9.17) is 0 Å². The molecule has 0 saturated carbocycles. The molecule has 0 saturated heterocycles. The third-order valence-corrected chi connectivity index (χ3v) is 2.41. The maximum atomic E-state index is 13.4. The van der Waals surface area contributed by atoms with Gasteiger partial charge in [0, 0.05) is 12.7 Å². The Morgan fingerprint density at radius 1 is 1.56 bits per heavy atom. The van der Waals surface area contributed by atoms with Gasteiger partial charge in [-0.2, -0.15) is 9.49 Å². The number of hydrogen-bond acceptors (Lipinski definition) is 4. The molecule has 0 amide bonds. The van der Waals surface area contributed by atoms with Crippen molar-refractivity contribution in [3.8, 4) is 0 Å². The zero-order valence-electron chi connectivity index (χ0n) is 9.63. The number of nitrogens with one attached hydrogen (secondary N) is 1. The van der Waals surface area contributed by atoms with E-state index in [0.29, 0.717) is 12.2 Å². The molecule has 1 aromatic heterocycles. The van der Waals surface area contributed by atoms with Crippen molar-refractivity contribution in [2.24, 2.45) is 0 Å². The van der Waals surface area contributed by atoms with Crippen LogP contribution in [-0.4, -0.2) is 14.7 Å². The fraction of sp³-hybridized carbons (Fsp3) is 0.182. The van der Waals surface area contributed by atoms with Crippen LogP contribution in [0.3, 0.4) is 0 Å². The third kappa shape index (κ3) is 2.29. The summed E-state index contributed by atoms with van der Waals surface area (Å²) in [4.78, 5) is 10.1. The summed E-state index contributed by atoms with van der Waals surface area (Å²) < 4.78 is 15.0. The lowest BCUT2D eigenvalue weighted by atomic mass is 10.2. The van der Waals surface area contributed by atoms with Crippen LogP contribution in [0.15, 0.2) is 30.6 Å². The largest absolute Gasteiger partial charge is 0.347 e. The standard InChI is InChI=1S/C11H11FN4O2/c1-2-15-7-8(6-13-15)14-10-5-3-4-9(12)11(10)16(17)18/h3-7,14H,2H2,1H3. The maximum absolute atomic E-state index is 13.4. The second kappa shape index (κ2) is 4.82. The average Bonchev–Trinajstić information content (AvgIpc) is 2.76. The van der Waals surface area contributed by atoms with E-state index in [-0.39, 0.29) is 5.69 Å². The number of rotatable bonds is 4. The van der Waals surface area contributed by atoms with Crippen molar-refractivity contribution in [1.82, 2.24) is 9.78 Å². The molecule has 6 nitrogen and oxygen atoms in total. The van der Waals surface area contributed by atoms with Crippen LogP contribution in [0.2, 0.25) is 0 Å². The van der Waals surface area contributed by atoms with Gasteiger partial charge in [0.15, 0.2) is 0 Å². The highest BCUT2D eigenvalue weighted by Crippen LogP contribution is 2.29. The van der Waals surface area contributed by atoms with E-state index in [1.54, 1.807) is 10.9 Å². The van der Waals surface area contributed by atoms with E-state index in [0.717, 1.165) is 6.07 Å². The number of hydrogen-bond donors (Lipinski definition) is 1. The Kier molecular flexibility index (Phi) is 3.22. The number of nitro benzene ring substituents is 1. The van der Waals surface area contributed by atoms with Gasteiger partial charge in [-0.25, -0.2) is 0 Å². The molecule has 1 heterocycles. The first-order valence-corrected chi connectivity index (χ1v) is 5.34. The minimum atomic E-state index is -0.868.